The highest BCUT2D eigenvalue weighted by Gasteiger charge is 2.42. The third-order valence-corrected chi connectivity index (χ3v) is 13.3. The Morgan fingerprint density at radius 1 is 0.721 bits per heavy atom. The zero-order chi connectivity index (χ0) is 49.6. The van der Waals surface area contributed by atoms with Gasteiger partial charge in [0, 0.05) is 101 Å². The third-order valence-electron chi connectivity index (χ3n) is 11.5. The smallest absolute Gasteiger partial charge is 0.317 e. The van der Waals surface area contributed by atoms with Crippen LogP contribution >= 0.6 is 24.0 Å². The Balaban J connectivity index is 0.00000497. The van der Waals surface area contributed by atoms with Gasteiger partial charge in [0.15, 0.2) is 5.11 Å². The van der Waals surface area contributed by atoms with Gasteiger partial charge in [-0.15, -0.1) is 0 Å². The van der Waals surface area contributed by atoms with Gasteiger partial charge in [-0.05, 0) is 67.1 Å². The maximum Gasteiger partial charge on any atom is 0.317 e. The molecule has 0 bridgehead atoms. The van der Waals surface area contributed by atoms with Crippen molar-refractivity contribution >= 4 is 100 Å². The largest absolute Gasteiger partial charge is 0.353 e. The van der Waals surface area contributed by atoms with E-state index in [9.17, 15) is 47.9 Å². The van der Waals surface area contributed by atoms with E-state index >= 15 is 0 Å². The number of anilines is 2. The molecule has 11 amide bonds. The summed E-state index contributed by atoms with van der Waals surface area (Å²) in [5.74, 6) is -1.09. The van der Waals surface area contributed by atoms with Crippen molar-refractivity contribution in [2.45, 2.75) is 63.7 Å². The highest BCUT2D eigenvalue weighted by Crippen LogP contribution is 2.39. The lowest BCUT2D eigenvalue weighted by Gasteiger charge is -2.36. The molecule has 4 aliphatic rings. The van der Waals surface area contributed by atoms with Gasteiger partial charge in [-0.25, -0.2) is 4.79 Å². The molecule has 1 aromatic carbocycles. The van der Waals surface area contributed by atoms with Crippen LogP contribution < -0.4 is 37.2 Å². The summed E-state index contributed by atoms with van der Waals surface area (Å²) in [5, 5.41) is 20.0. The van der Waals surface area contributed by atoms with Gasteiger partial charge in [-0.1, -0.05) is 26.8 Å². The predicted molar refractivity (Wildman–Crippen MR) is 259 cm³/mol. The molecule has 0 aliphatic carbocycles. The number of nitrogens with zero attached hydrogens (tertiary/aromatic N) is 5. The van der Waals surface area contributed by atoms with Crippen LogP contribution in [-0.2, 0) is 43.2 Å². The Labute approximate surface area is 405 Å². The fourth-order valence-electron chi connectivity index (χ4n) is 7.74. The first-order chi connectivity index (χ1) is 32.7. The molecular weight excluding hydrogens is 921 g/mol. The first-order valence-electron chi connectivity index (χ1n) is 22.9. The fourth-order valence-corrected chi connectivity index (χ4v) is 9.58. The zero-order valence-electron chi connectivity index (χ0n) is 38.7. The molecule has 372 valence electrons. The van der Waals surface area contributed by atoms with E-state index in [4.69, 9.17) is 12.2 Å². The molecular formula is C44H64N12O10S2. The maximum absolute atomic E-state index is 12.8. The van der Waals surface area contributed by atoms with Crippen LogP contribution in [0.15, 0.2) is 36.9 Å². The number of benzene rings is 1. The Bertz CT molecular complexity index is 1990. The molecule has 68 heavy (non-hydrogen) atoms. The number of carbonyl (C=O) groups excluding carboxylic acids is 10. The van der Waals surface area contributed by atoms with E-state index in [0.29, 0.717) is 41.8 Å². The van der Waals surface area contributed by atoms with Crippen molar-refractivity contribution in [3.63, 3.8) is 0 Å². The van der Waals surface area contributed by atoms with Crippen molar-refractivity contribution < 1.29 is 47.9 Å². The van der Waals surface area contributed by atoms with E-state index in [1.165, 1.54) is 19.6 Å². The third kappa shape index (κ3) is 17.4. The van der Waals surface area contributed by atoms with Crippen LogP contribution in [-0.4, -0.2) is 191 Å². The van der Waals surface area contributed by atoms with Crippen LogP contribution in [0.5, 0.6) is 0 Å². The summed E-state index contributed by atoms with van der Waals surface area (Å²) in [5.41, 5.74) is 1.28. The molecule has 1 aromatic rings. The van der Waals surface area contributed by atoms with E-state index in [2.05, 4.69) is 43.8 Å². The molecule has 0 saturated carbocycles. The van der Waals surface area contributed by atoms with Gasteiger partial charge in [0.1, 0.15) is 0 Å². The first kappa shape index (κ1) is 54.3. The second-order valence-electron chi connectivity index (χ2n) is 16.0. The molecule has 0 aromatic heterocycles. The number of urea groups is 1. The number of nitrogens with one attached hydrogen (secondary N) is 7. The minimum absolute atomic E-state index is 0.0741. The number of thiocarbonyl (C=S) groups is 1. The van der Waals surface area contributed by atoms with Gasteiger partial charge < -0.3 is 56.8 Å². The monoisotopic (exact) mass is 984 g/mol. The standard InChI is InChI=1S/C42H58N12O10S2.C2H6/c1-2-36(60)54(27-55)12-11-32(56)43-23-37(61)52-17-19-53(20-18-52)42(64)46-25-39(63)51-15-13-50(14-16-51)38(62)24-44-35(59)22-45-41(65)48-30-9-7-29(8-10-30)47-33(57)6-4-3-5-31-40-28(26-66-31)21-34(58)49-40;1-2/h2,7-10,27-28,31,40H,1,3-6,11-26H2,(H,43,56)(H,44,59)(H,46,64)(H,47,57)(H,49,58)(H2,45,48,65);1-2H3/t28?,31-,40?;/m0./s1. The molecule has 7 N–H and O–H groups in total. The number of thioether (sulfide) groups is 1. The van der Waals surface area contributed by atoms with Gasteiger partial charge in [-0.3, -0.25) is 48.1 Å². The van der Waals surface area contributed by atoms with Crippen LogP contribution in [0.2, 0.25) is 0 Å². The minimum Gasteiger partial charge on any atom is -0.353 e. The van der Waals surface area contributed by atoms with Crippen molar-refractivity contribution in [2.75, 3.05) is 101 Å². The quantitative estimate of drug-likeness (QED) is 0.0374. The molecule has 4 aliphatic heterocycles. The van der Waals surface area contributed by atoms with Crippen LogP contribution in [0.4, 0.5) is 16.2 Å². The van der Waals surface area contributed by atoms with E-state index in [1.807, 2.05) is 25.6 Å². The van der Waals surface area contributed by atoms with Crippen LogP contribution in [0.25, 0.3) is 0 Å². The Morgan fingerprint density at radius 2 is 1.25 bits per heavy atom. The van der Waals surface area contributed by atoms with Crippen molar-refractivity contribution in [3.05, 3.63) is 36.9 Å². The molecule has 5 rings (SSSR count). The summed E-state index contributed by atoms with van der Waals surface area (Å²) in [7, 11) is 0. The average molecular weight is 985 g/mol. The summed E-state index contributed by atoms with van der Waals surface area (Å²) in [4.78, 5) is 129. The van der Waals surface area contributed by atoms with Crippen LogP contribution in [0.1, 0.15) is 52.4 Å². The number of unbranched alkanes of at least 4 members (excludes halogenated alkanes) is 1. The number of carbonyl (C=O) groups is 10. The topological polar surface area (TPSA) is 271 Å². The number of hydrogen-bond donors (Lipinski definition) is 7. The normalized spacial score (nSPS) is 18.3. The lowest BCUT2D eigenvalue weighted by atomic mass is 9.97. The molecule has 0 radical (unpaired) electrons. The Kier molecular flexibility index (Phi) is 22.5. The summed E-state index contributed by atoms with van der Waals surface area (Å²) in [6.45, 7) is 7.98. The number of rotatable bonds is 20. The van der Waals surface area contributed by atoms with Crippen molar-refractivity contribution in [1.82, 2.24) is 51.1 Å². The summed E-state index contributed by atoms with van der Waals surface area (Å²) >= 11 is 7.22. The maximum atomic E-state index is 12.8. The van der Waals surface area contributed by atoms with E-state index in [1.54, 1.807) is 24.3 Å². The summed E-state index contributed by atoms with van der Waals surface area (Å²) < 4.78 is 0. The molecule has 4 fully saturated rings. The Hall–Kier alpha value is -6.30. The van der Waals surface area contributed by atoms with Crippen LogP contribution in [0, 0.1) is 5.92 Å². The lowest BCUT2D eigenvalue weighted by molar-refractivity contribution is -0.139. The highest BCUT2D eigenvalue weighted by atomic mass is 32.2. The number of fused-ring (bicyclic) bond motifs is 1. The van der Waals surface area contributed by atoms with Gasteiger partial charge in [0.25, 0.3) is 5.91 Å². The molecule has 24 heteroatoms. The summed E-state index contributed by atoms with van der Waals surface area (Å²) in [6.07, 6.45) is 4.76. The zero-order valence-corrected chi connectivity index (χ0v) is 40.3. The number of piperazine rings is 2. The van der Waals surface area contributed by atoms with Crippen molar-refractivity contribution in [3.8, 4) is 0 Å². The van der Waals surface area contributed by atoms with E-state index in [0.717, 1.165) is 36.0 Å². The predicted octanol–water partition coefficient (Wildman–Crippen LogP) is -0.564. The molecule has 4 saturated heterocycles. The minimum atomic E-state index is -0.640. The summed E-state index contributed by atoms with van der Waals surface area (Å²) in [6, 6.07) is 6.77. The van der Waals surface area contributed by atoms with Gasteiger partial charge >= 0.3 is 6.03 Å². The van der Waals surface area contributed by atoms with E-state index in [-0.39, 0.29) is 132 Å². The molecule has 22 nitrogen and oxygen atoms in total. The Morgan fingerprint density at radius 3 is 1.81 bits per heavy atom. The van der Waals surface area contributed by atoms with Crippen molar-refractivity contribution in [1.29, 1.82) is 0 Å². The highest BCUT2D eigenvalue weighted by molar-refractivity contribution is 8.00. The van der Waals surface area contributed by atoms with E-state index < -0.39 is 23.8 Å². The molecule has 4 heterocycles. The molecule has 3 atom stereocenters. The van der Waals surface area contributed by atoms with Crippen LogP contribution in [0.3, 0.4) is 0 Å². The van der Waals surface area contributed by atoms with Gasteiger partial charge in [0.05, 0.1) is 26.2 Å². The van der Waals surface area contributed by atoms with Gasteiger partial charge in [0.2, 0.25) is 47.8 Å². The van der Waals surface area contributed by atoms with Crippen molar-refractivity contribution in [2.24, 2.45) is 5.92 Å². The first-order valence-corrected chi connectivity index (χ1v) is 24.3. The molecule has 2 unspecified atom stereocenters. The number of amides is 11. The van der Waals surface area contributed by atoms with Gasteiger partial charge in [-0.2, -0.15) is 11.8 Å². The average Bonchev–Trinajstić information content (AvgIpc) is 3.92. The second kappa shape index (κ2) is 28.1. The number of imide groups is 1. The number of hydrogen-bond acceptors (Lipinski definition) is 12. The lowest BCUT2D eigenvalue weighted by Crippen LogP contribution is -2.57. The fraction of sp³-hybridized carbons (Fsp3) is 0.568. The second-order valence-corrected chi connectivity index (χ2v) is 17.7. The SMILES string of the molecule is C=CC(=O)N(C=O)CCC(=O)NCC(=O)N1CCN(C(=O)NCC(=O)N2CCN(C(=O)CNC(=O)CNC(=S)Nc3ccc(NC(=O)CCCC[C@@H]4SCC5CC(=O)NC54)cc3)CC2)CC1.CC. The molecule has 0 spiro atoms.